The second-order valence-electron chi connectivity index (χ2n) is 3.36. The van der Waals surface area contributed by atoms with Crippen LogP contribution < -0.4 is 5.73 Å². The molecule has 1 heterocycles. The van der Waals surface area contributed by atoms with Crippen LogP contribution in [0.15, 0.2) is 43.8 Å². The van der Waals surface area contributed by atoms with E-state index in [4.69, 9.17) is 10.9 Å². The van der Waals surface area contributed by atoms with Gasteiger partial charge in [-0.3, -0.25) is 0 Å². The lowest BCUT2D eigenvalue weighted by Crippen LogP contribution is -2.15. The van der Waals surface area contributed by atoms with Crippen LogP contribution in [0, 0.1) is 0 Å². The smallest absolute Gasteiger partial charge is 0.174 e. The summed E-state index contributed by atoms with van der Waals surface area (Å²) < 4.78 is 4.79. The summed E-state index contributed by atoms with van der Waals surface area (Å²) >= 11 is 4.44. The van der Waals surface area contributed by atoms with Gasteiger partial charge in [-0.1, -0.05) is 29.9 Å². The normalized spacial score (nSPS) is 11.7. The first-order valence-corrected chi connectivity index (χ1v) is 8.02. The Kier molecular flexibility index (Phi) is 5.06. The third-order valence-electron chi connectivity index (χ3n) is 2.19. The van der Waals surface area contributed by atoms with Gasteiger partial charge >= 0.3 is 0 Å². The van der Waals surface area contributed by atoms with Gasteiger partial charge in [0.2, 0.25) is 0 Å². The molecule has 0 saturated carbocycles. The van der Waals surface area contributed by atoms with E-state index in [0.29, 0.717) is 0 Å². The molecule has 2 aromatic rings. The van der Waals surface area contributed by atoms with Gasteiger partial charge in [-0.25, -0.2) is 4.98 Å². The third kappa shape index (κ3) is 3.40. The summed E-state index contributed by atoms with van der Waals surface area (Å²) in [6.45, 7) is 2.06. The Bertz CT molecular complexity index is 571. The lowest BCUT2D eigenvalue weighted by Gasteiger charge is -2.11. The summed E-state index contributed by atoms with van der Waals surface area (Å²) in [5.41, 5.74) is 6.54. The molecule has 19 heavy (non-hydrogen) atoms. The molecular weight excluding hydrogens is 300 g/mol. The number of benzene rings is 1. The highest BCUT2D eigenvalue weighted by atomic mass is 32.2. The van der Waals surface area contributed by atoms with E-state index in [2.05, 4.69) is 21.4 Å². The van der Waals surface area contributed by atoms with Crippen LogP contribution in [0.25, 0.3) is 0 Å². The van der Waals surface area contributed by atoms with Crippen molar-refractivity contribution in [2.45, 2.75) is 21.1 Å². The number of hydrogen-bond donors (Lipinski definition) is 2. The first-order valence-electron chi connectivity index (χ1n) is 5.44. The number of nitrogens with zero attached hydrogens (tertiary/aromatic N) is 3. The number of oxime groups is 1. The van der Waals surface area contributed by atoms with E-state index in [0.717, 1.165) is 25.4 Å². The van der Waals surface area contributed by atoms with Crippen molar-refractivity contribution < 1.29 is 5.21 Å². The van der Waals surface area contributed by atoms with E-state index in [1.54, 1.807) is 11.8 Å². The van der Waals surface area contributed by atoms with Gasteiger partial charge in [0.15, 0.2) is 10.2 Å². The fourth-order valence-electron chi connectivity index (χ4n) is 1.48. The zero-order valence-electron chi connectivity index (χ0n) is 10.1. The fourth-order valence-corrected chi connectivity index (χ4v) is 3.96. The van der Waals surface area contributed by atoms with Crippen LogP contribution in [0.1, 0.15) is 12.5 Å². The fraction of sp³-hybridized carbons (Fsp3) is 0.182. The quantitative estimate of drug-likeness (QED) is 0.290. The van der Waals surface area contributed by atoms with Crippen molar-refractivity contribution in [3.63, 3.8) is 0 Å². The van der Waals surface area contributed by atoms with Gasteiger partial charge in [0.05, 0.1) is 0 Å². The van der Waals surface area contributed by atoms with E-state index in [-0.39, 0.29) is 5.84 Å². The van der Waals surface area contributed by atoms with Crippen LogP contribution in [0.3, 0.4) is 0 Å². The number of rotatable bonds is 5. The topological polar surface area (TPSA) is 84.4 Å². The minimum atomic E-state index is 0.114. The zero-order valence-corrected chi connectivity index (χ0v) is 12.6. The van der Waals surface area contributed by atoms with Gasteiger partial charge in [-0.05, 0) is 29.4 Å². The molecule has 0 aliphatic carbocycles. The Morgan fingerprint density at radius 1 is 1.47 bits per heavy atom. The molecule has 0 saturated heterocycles. The summed E-state index contributed by atoms with van der Waals surface area (Å²) in [7, 11) is 0. The van der Waals surface area contributed by atoms with E-state index in [1.807, 2.05) is 18.2 Å². The summed E-state index contributed by atoms with van der Waals surface area (Å²) in [4.78, 5) is 6.03. The molecular formula is C11H12N4OS3. The van der Waals surface area contributed by atoms with Gasteiger partial charge in [-0.2, -0.15) is 4.37 Å². The molecule has 0 unspecified atom stereocenters. The molecule has 0 atom stereocenters. The zero-order chi connectivity index (χ0) is 13.7. The molecule has 8 heteroatoms. The van der Waals surface area contributed by atoms with Crippen molar-refractivity contribution in [2.24, 2.45) is 10.9 Å². The molecule has 0 radical (unpaired) electrons. The average Bonchev–Trinajstić information content (AvgIpc) is 2.91. The first kappa shape index (κ1) is 14.2. The minimum Gasteiger partial charge on any atom is -0.409 e. The maximum Gasteiger partial charge on any atom is 0.174 e. The number of thioether (sulfide) groups is 1. The SMILES string of the molecule is CCSc1cccc(Sc2ncns2)c1/C(N)=N/O. The standard InChI is InChI=1S/C11H12N4OS3/c1-2-17-7-4-3-5-8(9(7)10(12)15-16)18-11-13-6-14-19-11/h3-6,16H,2H2,1H3,(H2,12,15). The monoisotopic (exact) mass is 312 g/mol. The third-order valence-corrected chi connectivity index (χ3v) is 4.90. The molecule has 0 fully saturated rings. The highest BCUT2D eigenvalue weighted by Gasteiger charge is 2.15. The van der Waals surface area contributed by atoms with Crippen molar-refractivity contribution in [3.05, 3.63) is 30.1 Å². The van der Waals surface area contributed by atoms with Gasteiger partial charge in [0, 0.05) is 15.4 Å². The largest absolute Gasteiger partial charge is 0.409 e. The molecule has 0 amide bonds. The predicted octanol–water partition coefficient (Wildman–Crippen LogP) is 2.90. The first-order chi connectivity index (χ1) is 9.26. The van der Waals surface area contributed by atoms with Gasteiger partial charge < -0.3 is 10.9 Å². The summed E-state index contributed by atoms with van der Waals surface area (Å²) in [5.74, 6) is 1.03. The van der Waals surface area contributed by atoms with Crippen molar-refractivity contribution >= 4 is 40.9 Å². The molecule has 3 N–H and O–H groups in total. The Morgan fingerprint density at radius 3 is 2.89 bits per heavy atom. The van der Waals surface area contributed by atoms with E-state index >= 15 is 0 Å². The molecule has 1 aromatic carbocycles. The van der Waals surface area contributed by atoms with E-state index in [1.165, 1.54) is 29.6 Å². The van der Waals surface area contributed by atoms with Crippen molar-refractivity contribution in [2.75, 3.05) is 5.75 Å². The van der Waals surface area contributed by atoms with Gasteiger partial charge in [0.25, 0.3) is 0 Å². The minimum absolute atomic E-state index is 0.114. The number of hydrogen-bond acceptors (Lipinski definition) is 7. The number of amidine groups is 1. The molecule has 0 aliphatic rings. The molecule has 2 rings (SSSR count). The average molecular weight is 312 g/mol. The highest BCUT2D eigenvalue weighted by Crippen LogP contribution is 2.35. The van der Waals surface area contributed by atoms with E-state index < -0.39 is 0 Å². The predicted molar refractivity (Wildman–Crippen MR) is 79.4 cm³/mol. The Labute approximate surface area is 123 Å². The van der Waals surface area contributed by atoms with Crippen molar-refractivity contribution in [1.82, 2.24) is 9.36 Å². The van der Waals surface area contributed by atoms with Crippen molar-refractivity contribution in [1.29, 1.82) is 0 Å². The van der Waals surface area contributed by atoms with Crippen LogP contribution >= 0.6 is 35.1 Å². The lowest BCUT2D eigenvalue weighted by molar-refractivity contribution is 0.318. The van der Waals surface area contributed by atoms with Crippen LogP contribution in [-0.2, 0) is 0 Å². The van der Waals surface area contributed by atoms with E-state index in [9.17, 15) is 0 Å². The summed E-state index contributed by atoms with van der Waals surface area (Å²) in [6.07, 6.45) is 1.51. The van der Waals surface area contributed by atoms with Crippen molar-refractivity contribution in [3.8, 4) is 0 Å². The number of aromatic nitrogens is 2. The lowest BCUT2D eigenvalue weighted by atomic mass is 10.2. The van der Waals surface area contributed by atoms with Gasteiger partial charge in [-0.15, -0.1) is 11.8 Å². The highest BCUT2D eigenvalue weighted by molar-refractivity contribution is 8.01. The molecule has 1 aromatic heterocycles. The maximum absolute atomic E-state index is 8.95. The van der Waals surface area contributed by atoms with Gasteiger partial charge in [0.1, 0.15) is 6.33 Å². The molecule has 0 spiro atoms. The molecule has 0 bridgehead atoms. The Morgan fingerprint density at radius 2 is 2.26 bits per heavy atom. The van der Waals surface area contributed by atoms with Crippen LogP contribution in [0.2, 0.25) is 0 Å². The van der Waals surface area contributed by atoms with Crippen LogP contribution in [0.4, 0.5) is 0 Å². The Balaban J connectivity index is 2.44. The second-order valence-corrected chi connectivity index (χ2v) is 6.73. The maximum atomic E-state index is 8.95. The molecule has 100 valence electrons. The summed E-state index contributed by atoms with van der Waals surface area (Å²) in [5, 5.41) is 12.1. The molecule has 0 aliphatic heterocycles. The van der Waals surface area contributed by atoms with Crippen LogP contribution in [0.5, 0.6) is 0 Å². The van der Waals surface area contributed by atoms with Crippen LogP contribution in [-0.4, -0.2) is 26.2 Å². The summed E-state index contributed by atoms with van der Waals surface area (Å²) in [6, 6.07) is 5.85. The molecule has 5 nitrogen and oxygen atoms in total. The second kappa shape index (κ2) is 6.78. The Hall–Kier alpha value is -1.25. The number of nitrogens with two attached hydrogens (primary N) is 1.